The maximum absolute atomic E-state index is 6.46. The predicted molar refractivity (Wildman–Crippen MR) is 233 cm³/mol. The first-order chi connectivity index (χ1) is 27.2. The van der Waals surface area contributed by atoms with Crippen molar-refractivity contribution in [2.24, 2.45) is 0 Å². The lowest BCUT2D eigenvalue weighted by atomic mass is 9.93. The van der Waals surface area contributed by atoms with Crippen LogP contribution in [0, 0.1) is 0 Å². The van der Waals surface area contributed by atoms with Crippen molar-refractivity contribution < 1.29 is 4.42 Å². The molecule has 258 valence electrons. The van der Waals surface area contributed by atoms with Crippen molar-refractivity contribution in [3.8, 4) is 32.8 Å². The number of fused-ring (bicyclic) bond motifs is 7. The highest BCUT2D eigenvalue weighted by Gasteiger charge is 2.18. The fraction of sp³-hybridized carbons (Fsp3) is 0. The van der Waals surface area contributed by atoms with Crippen LogP contribution < -0.4 is 4.90 Å². The third-order valence-corrected chi connectivity index (χ3v) is 11.7. The number of thiazole rings is 1. The number of furan rings is 1. The van der Waals surface area contributed by atoms with E-state index in [1.807, 2.05) is 6.07 Å². The molecule has 0 aliphatic carbocycles. The van der Waals surface area contributed by atoms with E-state index in [2.05, 4.69) is 193 Å². The lowest BCUT2D eigenvalue weighted by molar-refractivity contribution is 0.669. The number of rotatable bonds is 6. The summed E-state index contributed by atoms with van der Waals surface area (Å²) in [4.78, 5) is 7.28. The van der Waals surface area contributed by atoms with E-state index in [0.717, 1.165) is 70.9 Å². The van der Waals surface area contributed by atoms with Gasteiger partial charge >= 0.3 is 0 Å². The topological polar surface area (TPSA) is 29.3 Å². The molecule has 9 aromatic carbocycles. The first-order valence-corrected chi connectivity index (χ1v) is 19.3. The summed E-state index contributed by atoms with van der Waals surface area (Å²) in [6.45, 7) is 0. The van der Waals surface area contributed by atoms with Crippen LogP contribution in [-0.4, -0.2) is 4.98 Å². The first-order valence-electron chi connectivity index (χ1n) is 18.5. The van der Waals surface area contributed by atoms with Gasteiger partial charge in [-0.1, -0.05) is 133 Å². The molecule has 11 rings (SSSR count). The van der Waals surface area contributed by atoms with Crippen LogP contribution in [0.25, 0.3) is 86.5 Å². The minimum absolute atomic E-state index is 0.854. The van der Waals surface area contributed by atoms with E-state index < -0.39 is 0 Å². The van der Waals surface area contributed by atoms with Gasteiger partial charge in [0.2, 0.25) is 0 Å². The second kappa shape index (κ2) is 12.8. The summed E-state index contributed by atoms with van der Waals surface area (Å²) < 4.78 is 7.61. The molecule has 0 saturated carbocycles. The SMILES string of the molecule is c1ccc(-c2nc3cc4oc5cccc(-c6ccc(N(c7ccccc7)c7ccc(-c8cc9ccccc9c9ccccc89)cc7)cc6)c5c4cc3s2)cc1. The summed E-state index contributed by atoms with van der Waals surface area (Å²) in [6, 6.07) is 69.2. The zero-order valence-electron chi connectivity index (χ0n) is 29.7. The molecule has 0 atom stereocenters. The van der Waals surface area contributed by atoms with Crippen LogP contribution in [0.15, 0.2) is 199 Å². The molecule has 2 aromatic heterocycles. The summed E-state index contributed by atoms with van der Waals surface area (Å²) in [7, 11) is 0. The quantitative estimate of drug-likeness (QED) is 0.160. The number of para-hydroxylation sites is 1. The highest BCUT2D eigenvalue weighted by Crippen LogP contribution is 2.43. The Morgan fingerprint density at radius 3 is 1.78 bits per heavy atom. The number of anilines is 3. The Hall–Kier alpha value is -7.01. The van der Waals surface area contributed by atoms with Crippen molar-refractivity contribution in [3.05, 3.63) is 194 Å². The molecule has 0 aliphatic rings. The third kappa shape index (κ3) is 5.38. The summed E-state index contributed by atoms with van der Waals surface area (Å²) in [6.07, 6.45) is 0. The summed E-state index contributed by atoms with van der Waals surface area (Å²) in [5, 5.41) is 8.32. The lowest BCUT2D eigenvalue weighted by Gasteiger charge is -2.26. The molecule has 55 heavy (non-hydrogen) atoms. The zero-order chi connectivity index (χ0) is 36.3. The van der Waals surface area contributed by atoms with E-state index in [-0.39, 0.29) is 0 Å². The van der Waals surface area contributed by atoms with Gasteiger partial charge < -0.3 is 9.32 Å². The van der Waals surface area contributed by atoms with Crippen LogP contribution in [0.2, 0.25) is 0 Å². The van der Waals surface area contributed by atoms with Crippen molar-refractivity contribution >= 4 is 82.1 Å². The monoisotopic (exact) mass is 720 g/mol. The van der Waals surface area contributed by atoms with Gasteiger partial charge in [0.25, 0.3) is 0 Å². The summed E-state index contributed by atoms with van der Waals surface area (Å²) in [5.74, 6) is 0. The standard InChI is InChI=1S/C51H32N2OS/c1-3-12-35(13-4-1)51-52-46-32-48-45(31-49(46)55-51)50-41(20-11-21-47(50)54-48)33-22-26-38(27-23-33)53(37-15-5-2-6-16-37)39-28-24-34(25-29-39)44-30-36-14-7-8-17-40(36)42-18-9-10-19-43(42)44/h1-32H. The lowest BCUT2D eigenvalue weighted by Crippen LogP contribution is -2.09. The van der Waals surface area contributed by atoms with Crippen molar-refractivity contribution in [1.29, 1.82) is 0 Å². The summed E-state index contributed by atoms with van der Waals surface area (Å²) >= 11 is 1.72. The van der Waals surface area contributed by atoms with Crippen LogP contribution in [-0.2, 0) is 0 Å². The van der Waals surface area contributed by atoms with Crippen LogP contribution in [0.4, 0.5) is 17.1 Å². The minimum Gasteiger partial charge on any atom is -0.456 e. The van der Waals surface area contributed by atoms with Crippen LogP contribution in [0.5, 0.6) is 0 Å². The normalized spacial score (nSPS) is 11.6. The van der Waals surface area contributed by atoms with Crippen LogP contribution in [0.1, 0.15) is 0 Å². The molecule has 3 nitrogen and oxygen atoms in total. The van der Waals surface area contributed by atoms with Crippen LogP contribution in [0.3, 0.4) is 0 Å². The highest BCUT2D eigenvalue weighted by atomic mass is 32.1. The maximum atomic E-state index is 6.46. The van der Waals surface area contributed by atoms with Gasteiger partial charge in [-0.15, -0.1) is 11.3 Å². The second-order valence-electron chi connectivity index (χ2n) is 13.9. The molecule has 0 bridgehead atoms. The fourth-order valence-corrected chi connectivity index (χ4v) is 9.08. The molecule has 4 heteroatoms. The molecular weight excluding hydrogens is 689 g/mol. The number of hydrogen-bond donors (Lipinski definition) is 0. The molecule has 0 saturated heterocycles. The van der Waals surface area contributed by atoms with Crippen molar-refractivity contribution in [2.75, 3.05) is 4.90 Å². The Morgan fingerprint density at radius 2 is 1.04 bits per heavy atom. The number of aromatic nitrogens is 1. The largest absolute Gasteiger partial charge is 0.456 e. The second-order valence-corrected chi connectivity index (χ2v) is 15.0. The zero-order valence-corrected chi connectivity index (χ0v) is 30.5. The molecule has 0 fully saturated rings. The van der Waals surface area contributed by atoms with E-state index in [0.29, 0.717) is 0 Å². The average Bonchev–Trinajstić information content (AvgIpc) is 3.84. The van der Waals surface area contributed by atoms with Gasteiger partial charge in [-0.05, 0) is 98.4 Å². The average molecular weight is 721 g/mol. The Bertz CT molecular complexity index is 3180. The minimum atomic E-state index is 0.854. The predicted octanol–water partition coefficient (Wildman–Crippen LogP) is 15.0. The molecule has 2 heterocycles. The van der Waals surface area contributed by atoms with E-state index >= 15 is 0 Å². The number of hydrogen-bond acceptors (Lipinski definition) is 4. The van der Waals surface area contributed by atoms with Crippen molar-refractivity contribution in [3.63, 3.8) is 0 Å². The van der Waals surface area contributed by atoms with Gasteiger partial charge in [0, 0.05) is 39.5 Å². The molecule has 0 N–H and O–H groups in total. The Labute approximate surface area is 322 Å². The molecule has 11 aromatic rings. The Morgan fingerprint density at radius 1 is 0.418 bits per heavy atom. The van der Waals surface area contributed by atoms with Gasteiger partial charge in [-0.2, -0.15) is 0 Å². The summed E-state index contributed by atoms with van der Waals surface area (Å²) in [5.41, 5.74) is 11.8. The third-order valence-electron chi connectivity index (χ3n) is 10.7. The van der Waals surface area contributed by atoms with Gasteiger partial charge in [0.15, 0.2) is 0 Å². The smallest absolute Gasteiger partial charge is 0.137 e. The van der Waals surface area contributed by atoms with Gasteiger partial charge in [0.05, 0.1) is 10.2 Å². The van der Waals surface area contributed by atoms with Crippen molar-refractivity contribution in [2.45, 2.75) is 0 Å². The molecular formula is C51H32N2OS. The maximum Gasteiger partial charge on any atom is 0.137 e. The highest BCUT2D eigenvalue weighted by molar-refractivity contribution is 7.21. The van der Waals surface area contributed by atoms with Crippen LogP contribution >= 0.6 is 11.3 Å². The fourth-order valence-electron chi connectivity index (χ4n) is 8.09. The van der Waals surface area contributed by atoms with E-state index in [4.69, 9.17) is 9.40 Å². The van der Waals surface area contributed by atoms with E-state index in [1.54, 1.807) is 11.3 Å². The molecule has 0 unspecified atom stereocenters. The molecule has 0 amide bonds. The van der Waals surface area contributed by atoms with E-state index in [9.17, 15) is 0 Å². The Balaban J connectivity index is 0.979. The first kappa shape index (κ1) is 31.5. The Kier molecular flexibility index (Phi) is 7.35. The van der Waals surface area contributed by atoms with E-state index in [1.165, 1.54) is 32.7 Å². The molecule has 0 spiro atoms. The molecule has 0 radical (unpaired) electrons. The van der Waals surface area contributed by atoms with Gasteiger partial charge in [-0.25, -0.2) is 4.98 Å². The van der Waals surface area contributed by atoms with Crippen molar-refractivity contribution in [1.82, 2.24) is 4.98 Å². The number of benzene rings is 9. The van der Waals surface area contributed by atoms with Gasteiger partial charge in [0.1, 0.15) is 16.2 Å². The number of nitrogens with zero attached hydrogens (tertiary/aromatic N) is 2. The molecule has 0 aliphatic heterocycles. The van der Waals surface area contributed by atoms with Gasteiger partial charge in [-0.3, -0.25) is 0 Å².